The molecule has 168 valence electrons. The maximum Gasteiger partial charge on any atom is 0.338 e. The third-order valence-corrected chi connectivity index (χ3v) is 5.35. The van der Waals surface area contributed by atoms with Crippen molar-refractivity contribution in [2.75, 3.05) is 20.8 Å². The molecule has 0 bridgehead atoms. The highest BCUT2D eigenvalue weighted by Gasteiger charge is 2.15. The predicted octanol–water partition coefficient (Wildman–Crippen LogP) is 3.99. The highest BCUT2D eigenvalue weighted by molar-refractivity contribution is 7.09. The summed E-state index contributed by atoms with van der Waals surface area (Å²) in [5.74, 6) is -0.815. The highest BCUT2D eigenvalue weighted by atomic mass is 32.1. The van der Waals surface area contributed by atoms with E-state index in [0.29, 0.717) is 23.5 Å². The van der Waals surface area contributed by atoms with Crippen molar-refractivity contribution in [3.8, 4) is 11.5 Å². The summed E-state index contributed by atoms with van der Waals surface area (Å²) in [4.78, 5) is 30.2. The van der Waals surface area contributed by atoms with E-state index in [1.807, 2.05) is 12.3 Å². The first kappa shape index (κ1) is 23.2. The van der Waals surface area contributed by atoms with E-state index in [0.717, 1.165) is 10.7 Å². The summed E-state index contributed by atoms with van der Waals surface area (Å²) in [5, 5.41) is 2.90. The Balaban J connectivity index is 1.46. The number of halogens is 1. The first-order valence-electron chi connectivity index (χ1n) is 9.73. The van der Waals surface area contributed by atoms with Gasteiger partial charge in [0, 0.05) is 19.0 Å². The zero-order chi connectivity index (χ0) is 23.1. The molecule has 0 spiro atoms. The average molecular weight is 459 g/mol. The van der Waals surface area contributed by atoms with Gasteiger partial charge in [0.1, 0.15) is 12.4 Å². The van der Waals surface area contributed by atoms with Crippen molar-refractivity contribution in [3.05, 3.63) is 75.5 Å². The van der Waals surface area contributed by atoms with Crippen LogP contribution in [0, 0.1) is 12.7 Å². The van der Waals surface area contributed by atoms with Gasteiger partial charge in [-0.05, 0) is 48.9 Å². The first-order valence-corrected chi connectivity index (χ1v) is 10.6. The number of ether oxygens (including phenoxy) is 3. The maximum atomic E-state index is 13.8. The minimum atomic E-state index is -0.621. The molecule has 1 amide bonds. The minimum Gasteiger partial charge on any atom is -0.494 e. The second kappa shape index (κ2) is 10.7. The molecule has 3 rings (SSSR count). The number of aromatic nitrogens is 1. The van der Waals surface area contributed by atoms with Crippen LogP contribution < -0.4 is 9.47 Å². The predicted molar refractivity (Wildman–Crippen MR) is 117 cm³/mol. The number of methoxy groups -OCH3 is 1. The van der Waals surface area contributed by atoms with E-state index in [1.54, 1.807) is 48.7 Å². The number of carbonyl (C=O) groups excluding carboxylic acids is 2. The molecule has 2 aromatic carbocycles. The van der Waals surface area contributed by atoms with E-state index >= 15 is 0 Å². The SMILES string of the molecule is COc1ccc(CN(C)C(=O)COC(=O)c2ccc(OCc3csc(C)n3)cc2)cc1F. The molecule has 0 N–H and O–H groups in total. The fourth-order valence-electron chi connectivity index (χ4n) is 2.81. The third kappa shape index (κ3) is 6.27. The van der Waals surface area contributed by atoms with Crippen LogP contribution in [0.3, 0.4) is 0 Å². The molecule has 0 fully saturated rings. The van der Waals surface area contributed by atoms with Crippen molar-refractivity contribution in [1.29, 1.82) is 0 Å². The quantitative estimate of drug-likeness (QED) is 0.451. The van der Waals surface area contributed by atoms with E-state index in [2.05, 4.69) is 4.98 Å². The molecular weight excluding hydrogens is 435 g/mol. The zero-order valence-corrected chi connectivity index (χ0v) is 18.8. The van der Waals surface area contributed by atoms with Crippen LogP contribution in [0.15, 0.2) is 47.8 Å². The number of likely N-dealkylation sites (N-methyl/N-ethyl adjacent to an activating group) is 1. The van der Waals surface area contributed by atoms with Gasteiger partial charge in [0.2, 0.25) is 0 Å². The fourth-order valence-corrected chi connectivity index (χ4v) is 3.41. The summed E-state index contributed by atoms with van der Waals surface area (Å²) in [6.07, 6.45) is 0. The van der Waals surface area contributed by atoms with E-state index in [-0.39, 0.29) is 12.3 Å². The van der Waals surface area contributed by atoms with Crippen LogP contribution in [0.5, 0.6) is 11.5 Å². The van der Waals surface area contributed by atoms with Gasteiger partial charge in [-0.3, -0.25) is 4.79 Å². The highest BCUT2D eigenvalue weighted by Crippen LogP contribution is 2.19. The summed E-state index contributed by atoms with van der Waals surface area (Å²) in [6.45, 7) is 2.01. The lowest BCUT2D eigenvalue weighted by molar-refractivity contribution is -0.133. The smallest absolute Gasteiger partial charge is 0.338 e. The van der Waals surface area contributed by atoms with E-state index in [4.69, 9.17) is 14.2 Å². The van der Waals surface area contributed by atoms with Crippen LogP contribution in [-0.4, -0.2) is 42.5 Å². The van der Waals surface area contributed by atoms with Crippen molar-refractivity contribution in [2.45, 2.75) is 20.1 Å². The summed E-state index contributed by atoms with van der Waals surface area (Å²) in [6, 6.07) is 10.9. The number of esters is 1. The Morgan fingerprint density at radius 3 is 2.53 bits per heavy atom. The fraction of sp³-hybridized carbons (Fsp3) is 0.261. The lowest BCUT2D eigenvalue weighted by Crippen LogP contribution is -2.30. The molecule has 0 saturated carbocycles. The maximum absolute atomic E-state index is 13.8. The summed E-state index contributed by atoms with van der Waals surface area (Å²) < 4.78 is 29.4. The largest absolute Gasteiger partial charge is 0.494 e. The molecule has 0 atom stereocenters. The second-order valence-corrected chi connectivity index (χ2v) is 8.03. The van der Waals surface area contributed by atoms with Gasteiger partial charge in [-0.15, -0.1) is 11.3 Å². The molecule has 7 nitrogen and oxygen atoms in total. The van der Waals surface area contributed by atoms with Crippen LogP contribution in [-0.2, 0) is 22.7 Å². The van der Waals surface area contributed by atoms with Crippen molar-refractivity contribution >= 4 is 23.2 Å². The van der Waals surface area contributed by atoms with Gasteiger partial charge in [-0.25, -0.2) is 14.2 Å². The number of aryl methyl sites for hydroxylation is 1. The van der Waals surface area contributed by atoms with Crippen LogP contribution in [0.1, 0.15) is 26.6 Å². The number of hydrogen-bond donors (Lipinski definition) is 0. The third-order valence-electron chi connectivity index (χ3n) is 4.53. The topological polar surface area (TPSA) is 78.0 Å². The molecule has 0 unspecified atom stereocenters. The van der Waals surface area contributed by atoms with E-state index in [1.165, 1.54) is 24.1 Å². The van der Waals surface area contributed by atoms with Gasteiger partial charge in [-0.1, -0.05) is 6.07 Å². The van der Waals surface area contributed by atoms with Crippen LogP contribution in [0.25, 0.3) is 0 Å². The van der Waals surface area contributed by atoms with Crippen molar-refractivity contribution < 1.29 is 28.2 Å². The van der Waals surface area contributed by atoms with Crippen molar-refractivity contribution in [2.24, 2.45) is 0 Å². The molecule has 0 aliphatic rings. The van der Waals surface area contributed by atoms with E-state index < -0.39 is 24.3 Å². The monoisotopic (exact) mass is 458 g/mol. The van der Waals surface area contributed by atoms with Crippen molar-refractivity contribution in [3.63, 3.8) is 0 Å². The Kier molecular flexibility index (Phi) is 7.77. The molecule has 32 heavy (non-hydrogen) atoms. The van der Waals surface area contributed by atoms with Gasteiger partial charge >= 0.3 is 5.97 Å². The second-order valence-electron chi connectivity index (χ2n) is 6.97. The van der Waals surface area contributed by atoms with Gasteiger partial charge < -0.3 is 19.1 Å². The Labute approximate surface area is 189 Å². The lowest BCUT2D eigenvalue weighted by atomic mass is 10.2. The summed E-state index contributed by atoms with van der Waals surface area (Å²) in [5.41, 5.74) is 1.74. The molecule has 0 aliphatic carbocycles. The first-order chi connectivity index (χ1) is 15.4. The van der Waals surface area contributed by atoms with Crippen LogP contribution >= 0.6 is 11.3 Å². The molecule has 0 saturated heterocycles. The molecular formula is C23H23FN2O5S. The van der Waals surface area contributed by atoms with Gasteiger partial charge in [-0.2, -0.15) is 0 Å². The molecule has 1 aromatic heterocycles. The molecule has 3 aromatic rings. The number of amides is 1. The van der Waals surface area contributed by atoms with E-state index in [9.17, 15) is 14.0 Å². The number of thiazole rings is 1. The minimum absolute atomic E-state index is 0.131. The standard InChI is InChI=1S/C23H23FN2O5S/c1-15-25-18(14-32-15)12-30-19-7-5-17(6-8-19)23(28)31-13-22(27)26(2)11-16-4-9-21(29-3)20(24)10-16/h4-10,14H,11-13H2,1-3H3. The molecule has 0 radical (unpaired) electrons. The summed E-state index contributed by atoms with van der Waals surface area (Å²) >= 11 is 1.55. The average Bonchev–Trinajstić information content (AvgIpc) is 3.21. The molecule has 0 aliphatic heterocycles. The number of nitrogens with zero attached hydrogens (tertiary/aromatic N) is 2. The number of benzene rings is 2. The molecule has 9 heteroatoms. The Morgan fingerprint density at radius 2 is 1.91 bits per heavy atom. The Hall–Kier alpha value is -3.46. The summed E-state index contributed by atoms with van der Waals surface area (Å²) in [7, 11) is 2.93. The van der Waals surface area contributed by atoms with Gasteiger partial charge in [0.25, 0.3) is 5.91 Å². The normalized spacial score (nSPS) is 10.5. The zero-order valence-electron chi connectivity index (χ0n) is 18.0. The van der Waals surface area contributed by atoms with Crippen LogP contribution in [0.2, 0.25) is 0 Å². The van der Waals surface area contributed by atoms with Gasteiger partial charge in [0.05, 0.1) is 23.4 Å². The molecule has 1 heterocycles. The Bertz CT molecular complexity index is 1080. The number of rotatable bonds is 9. The number of hydrogen-bond acceptors (Lipinski definition) is 7. The van der Waals surface area contributed by atoms with Gasteiger partial charge in [0.15, 0.2) is 18.2 Å². The Morgan fingerprint density at radius 1 is 1.16 bits per heavy atom. The van der Waals surface area contributed by atoms with Crippen molar-refractivity contribution in [1.82, 2.24) is 9.88 Å². The lowest BCUT2D eigenvalue weighted by Gasteiger charge is -2.17. The van der Waals surface area contributed by atoms with Crippen LogP contribution in [0.4, 0.5) is 4.39 Å². The number of carbonyl (C=O) groups is 2.